The van der Waals surface area contributed by atoms with E-state index in [1.165, 1.54) is 6.92 Å². The largest absolute Gasteiger partial charge is 0.463 e. The third kappa shape index (κ3) is 3.89. The first-order valence-corrected chi connectivity index (χ1v) is 4.79. The predicted molar refractivity (Wildman–Crippen MR) is 50.7 cm³/mol. The molecule has 0 aromatic rings. The van der Waals surface area contributed by atoms with E-state index in [2.05, 4.69) is 0 Å². The van der Waals surface area contributed by atoms with Crippen molar-refractivity contribution in [3.8, 4) is 0 Å². The Morgan fingerprint density at radius 1 is 1.64 bits per heavy atom. The molecule has 0 amide bonds. The molecule has 0 aromatic heterocycles. The quantitative estimate of drug-likeness (QED) is 0.506. The summed E-state index contributed by atoms with van der Waals surface area (Å²) in [5, 5.41) is 0. The highest BCUT2D eigenvalue weighted by atomic mass is 16.7. The van der Waals surface area contributed by atoms with Crippen LogP contribution in [0, 0.1) is 0 Å². The number of carbonyl (C=O) groups excluding carboxylic acids is 1. The molecule has 0 saturated carbocycles. The lowest BCUT2D eigenvalue weighted by Crippen LogP contribution is -2.30. The smallest absolute Gasteiger partial charge is 0.302 e. The van der Waals surface area contributed by atoms with Crippen molar-refractivity contribution in [2.24, 2.45) is 0 Å². The van der Waals surface area contributed by atoms with Crippen LogP contribution in [0.4, 0.5) is 0 Å². The van der Waals surface area contributed by atoms with Gasteiger partial charge in [0.05, 0.1) is 6.10 Å². The minimum absolute atomic E-state index is 0.0829. The van der Waals surface area contributed by atoms with Gasteiger partial charge in [0.15, 0.2) is 6.29 Å². The minimum Gasteiger partial charge on any atom is -0.463 e. The Kier molecular flexibility index (Phi) is 4.62. The van der Waals surface area contributed by atoms with Crippen molar-refractivity contribution < 1.29 is 19.0 Å². The molecule has 80 valence electrons. The van der Waals surface area contributed by atoms with Gasteiger partial charge in [-0.3, -0.25) is 4.79 Å². The van der Waals surface area contributed by atoms with Crippen molar-refractivity contribution in [1.82, 2.24) is 0 Å². The molecule has 0 radical (unpaired) electrons. The number of carbonyl (C=O) groups is 1. The highest BCUT2D eigenvalue weighted by Gasteiger charge is 2.18. The summed E-state index contributed by atoms with van der Waals surface area (Å²) < 4.78 is 15.6. The van der Waals surface area contributed by atoms with E-state index in [4.69, 9.17) is 14.2 Å². The maximum Gasteiger partial charge on any atom is 0.302 e. The van der Waals surface area contributed by atoms with Crippen LogP contribution in [-0.4, -0.2) is 31.6 Å². The van der Waals surface area contributed by atoms with Crippen molar-refractivity contribution >= 4 is 5.97 Å². The molecule has 1 heterocycles. The van der Waals surface area contributed by atoms with E-state index in [0.717, 1.165) is 6.42 Å². The summed E-state index contributed by atoms with van der Waals surface area (Å²) in [4.78, 5) is 10.6. The van der Waals surface area contributed by atoms with Crippen LogP contribution in [0.15, 0.2) is 12.2 Å². The average molecular weight is 200 g/mol. The van der Waals surface area contributed by atoms with E-state index >= 15 is 0 Å². The third-order valence-corrected chi connectivity index (χ3v) is 1.82. The highest BCUT2D eigenvalue weighted by Crippen LogP contribution is 2.13. The molecule has 4 nitrogen and oxygen atoms in total. The molecule has 0 aliphatic carbocycles. The summed E-state index contributed by atoms with van der Waals surface area (Å²) in [6, 6.07) is 0. The number of rotatable bonds is 4. The van der Waals surface area contributed by atoms with Gasteiger partial charge >= 0.3 is 5.97 Å². The summed E-state index contributed by atoms with van der Waals surface area (Å²) in [6.07, 6.45) is 4.23. The van der Waals surface area contributed by atoms with Crippen molar-refractivity contribution in [3.05, 3.63) is 12.2 Å². The minimum atomic E-state index is -0.297. The second-order valence-electron chi connectivity index (χ2n) is 3.05. The van der Waals surface area contributed by atoms with Crippen LogP contribution in [0.5, 0.6) is 0 Å². The molecule has 0 N–H and O–H groups in total. The topological polar surface area (TPSA) is 44.8 Å². The fraction of sp³-hybridized carbons (Fsp3) is 0.700. The molecule has 0 bridgehead atoms. The van der Waals surface area contributed by atoms with E-state index in [1.54, 1.807) is 0 Å². The molecule has 0 spiro atoms. The summed E-state index contributed by atoms with van der Waals surface area (Å²) in [5.41, 5.74) is 0. The van der Waals surface area contributed by atoms with Gasteiger partial charge in [-0.2, -0.15) is 0 Å². The highest BCUT2D eigenvalue weighted by molar-refractivity contribution is 5.65. The fourth-order valence-electron chi connectivity index (χ4n) is 1.21. The maximum absolute atomic E-state index is 10.6. The summed E-state index contributed by atoms with van der Waals surface area (Å²) >= 11 is 0. The van der Waals surface area contributed by atoms with E-state index in [1.807, 2.05) is 19.1 Å². The molecule has 2 atom stereocenters. The number of hydrogen-bond donors (Lipinski definition) is 0. The van der Waals surface area contributed by atoms with Crippen LogP contribution in [0.25, 0.3) is 0 Å². The van der Waals surface area contributed by atoms with Gasteiger partial charge in [-0.15, -0.1) is 0 Å². The Hall–Kier alpha value is -0.870. The zero-order chi connectivity index (χ0) is 10.4. The third-order valence-electron chi connectivity index (χ3n) is 1.82. The Labute approximate surface area is 83.8 Å². The molecular formula is C10H16O4. The van der Waals surface area contributed by atoms with Crippen LogP contribution in [0.2, 0.25) is 0 Å². The Morgan fingerprint density at radius 3 is 3.07 bits per heavy atom. The average Bonchev–Trinajstić information content (AvgIpc) is 2.16. The van der Waals surface area contributed by atoms with Crippen LogP contribution >= 0.6 is 0 Å². The van der Waals surface area contributed by atoms with Gasteiger partial charge in [0.2, 0.25) is 0 Å². The van der Waals surface area contributed by atoms with Gasteiger partial charge in [0, 0.05) is 13.5 Å². The summed E-state index contributed by atoms with van der Waals surface area (Å²) in [5.74, 6) is -0.281. The van der Waals surface area contributed by atoms with Crippen molar-refractivity contribution in [1.29, 1.82) is 0 Å². The van der Waals surface area contributed by atoms with Crippen LogP contribution in [-0.2, 0) is 19.0 Å². The normalized spacial score (nSPS) is 26.1. The Balaban J connectivity index is 2.28. The number of ether oxygens (including phenoxy) is 3. The molecule has 0 fully saturated rings. The van der Waals surface area contributed by atoms with Crippen LogP contribution < -0.4 is 0 Å². The molecule has 4 heteroatoms. The Morgan fingerprint density at radius 2 is 2.43 bits per heavy atom. The predicted octanol–water partition coefficient (Wildman–Crippen LogP) is 1.26. The van der Waals surface area contributed by atoms with E-state index in [9.17, 15) is 4.79 Å². The SMILES string of the molecule is CCOC1C=CCC(COC(C)=O)O1. The maximum atomic E-state index is 10.6. The van der Waals surface area contributed by atoms with Gasteiger partial charge < -0.3 is 14.2 Å². The molecule has 14 heavy (non-hydrogen) atoms. The molecule has 1 aliphatic rings. The molecule has 2 unspecified atom stereocenters. The van der Waals surface area contributed by atoms with Crippen LogP contribution in [0.3, 0.4) is 0 Å². The van der Waals surface area contributed by atoms with Crippen molar-refractivity contribution in [2.45, 2.75) is 32.7 Å². The molecule has 1 rings (SSSR count). The monoisotopic (exact) mass is 200 g/mol. The van der Waals surface area contributed by atoms with Gasteiger partial charge in [-0.1, -0.05) is 6.08 Å². The fourth-order valence-corrected chi connectivity index (χ4v) is 1.21. The first-order chi connectivity index (χ1) is 6.72. The lowest BCUT2D eigenvalue weighted by molar-refractivity contribution is -0.168. The van der Waals surface area contributed by atoms with Gasteiger partial charge in [0.25, 0.3) is 0 Å². The number of esters is 1. The van der Waals surface area contributed by atoms with Gasteiger partial charge in [-0.25, -0.2) is 0 Å². The molecule has 0 saturated heterocycles. The van der Waals surface area contributed by atoms with E-state index < -0.39 is 0 Å². The standard InChI is InChI=1S/C10H16O4/c1-3-12-10-6-4-5-9(14-10)7-13-8(2)11/h4,6,9-10H,3,5,7H2,1-2H3. The lowest BCUT2D eigenvalue weighted by Gasteiger charge is -2.25. The van der Waals surface area contributed by atoms with Crippen molar-refractivity contribution in [3.63, 3.8) is 0 Å². The zero-order valence-electron chi connectivity index (χ0n) is 8.56. The summed E-state index contributed by atoms with van der Waals surface area (Å²) in [7, 11) is 0. The first kappa shape index (κ1) is 11.2. The van der Waals surface area contributed by atoms with Gasteiger partial charge in [-0.05, 0) is 19.4 Å². The molecule has 0 aromatic carbocycles. The van der Waals surface area contributed by atoms with E-state index in [0.29, 0.717) is 13.2 Å². The second kappa shape index (κ2) is 5.78. The second-order valence-corrected chi connectivity index (χ2v) is 3.05. The Bertz CT molecular complexity index is 212. The molecule has 1 aliphatic heterocycles. The zero-order valence-corrected chi connectivity index (χ0v) is 8.56. The summed E-state index contributed by atoms with van der Waals surface area (Å²) in [6.45, 7) is 4.20. The van der Waals surface area contributed by atoms with Crippen LogP contribution in [0.1, 0.15) is 20.3 Å². The number of hydrogen-bond acceptors (Lipinski definition) is 4. The van der Waals surface area contributed by atoms with E-state index in [-0.39, 0.29) is 18.4 Å². The van der Waals surface area contributed by atoms with Crippen molar-refractivity contribution in [2.75, 3.05) is 13.2 Å². The van der Waals surface area contributed by atoms with Gasteiger partial charge in [0.1, 0.15) is 6.61 Å². The lowest BCUT2D eigenvalue weighted by atomic mass is 10.2. The first-order valence-electron chi connectivity index (χ1n) is 4.79. The molecular weight excluding hydrogens is 184 g/mol.